The molecule has 0 saturated carbocycles. The largest absolute Gasteiger partial charge is 0.496 e. The number of nitrogens with zero attached hydrogens (tertiary/aromatic N) is 2. The van der Waals surface area contributed by atoms with Crippen molar-refractivity contribution >= 4 is 0 Å². The van der Waals surface area contributed by atoms with Gasteiger partial charge in [0.2, 0.25) is 0 Å². The van der Waals surface area contributed by atoms with Crippen molar-refractivity contribution < 1.29 is 4.74 Å². The topological polar surface area (TPSA) is 39.1 Å². The van der Waals surface area contributed by atoms with Gasteiger partial charge in [-0.2, -0.15) is 5.10 Å². The second-order valence-corrected chi connectivity index (χ2v) is 5.23. The third-order valence-corrected chi connectivity index (χ3v) is 3.79. The van der Waals surface area contributed by atoms with Gasteiger partial charge in [0.15, 0.2) is 0 Å². The number of benzene rings is 1. The molecule has 4 heteroatoms. The minimum absolute atomic E-state index is 0.226. The Bertz CT molecular complexity index is 589. The molecular formula is C16H23N3O. The van der Waals surface area contributed by atoms with E-state index >= 15 is 0 Å². The Morgan fingerprint density at radius 2 is 2.10 bits per heavy atom. The van der Waals surface area contributed by atoms with Crippen molar-refractivity contribution in [2.75, 3.05) is 7.11 Å². The van der Waals surface area contributed by atoms with Crippen molar-refractivity contribution in [1.82, 2.24) is 15.1 Å². The first-order valence-corrected chi connectivity index (χ1v) is 6.88. The van der Waals surface area contributed by atoms with E-state index in [0.717, 1.165) is 12.3 Å². The molecule has 1 unspecified atom stereocenters. The molecule has 0 bridgehead atoms. The van der Waals surface area contributed by atoms with Crippen molar-refractivity contribution in [3.8, 4) is 5.75 Å². The van der Waals surface area contributed by atoms with E-state index in [0.29, 0.717) is 0 Å². The van der Waals surface area contributed by atoms with Crippen LogP contribution >= 0.6 is 0 Å². The molecule has 0 aliphatic heterocycles. The maximum atomic E-state index is 5.44. The lowest BCUT2D eigenvalue weighted by atomic mass is 10.0. The molecule has 1 aromatic heterocycles. The highest BCUT2D eigenvalue weighted by atomic mass is 16.5. The van der Waals surface area contributed by atoms with E-state index in [9.17, 15) is 0 Å². The minimum Gasteiger partial charge on any atom is -0.496 e. The highest BCUT2D eigenvalue weighted by molar-refractivity contribution is 5.39. The molecule has 4 nitrogen and oxygen atoms in total. The minimum atomic E-state index is 0.226. The molecule has 0 fully saturated rings. The lowest BCUT2D eigenvalue weighted by Gasteiger charge is -2.18. The number of nitrogens with one attached hydrogen (secondary N) is 1. The second kappa shape index (κ2) is 6.09. The molecule has 1 heterocycles. The monoisotopic (exact) mass is 273 g/mol. The summed E-state index contributed by atoms with van der Waals surface area (Å²) in [5.74, 6) is 0.929. The summed E-state index contributed by atoms with van der Waals surface area (Å²) >= 11 is 0. The first-order valence-electron chi connectivity index (χ1n) is 6.88. The van der Waals surface area contributed by atoms with Gasteiger partial charge in [-0.05, 0) is 26.8 Å². The van der Waals surface area contributed by atoms with Gasteiger partial charge in [0.25, 0.3) is 0 Å². The summed E-state index contributed by atoms with van der Waals surface area (Å²) in [4.78, 5) is 0. The summed E-state index contributed by atoms with van der Waals surface area (Å²) in [6.07, 6.45) is 1.92. The van der Waals surface area contributed by atoms with Crippen LogP contribution in [0.1, 0.15) is 35.3 Å². The summed E-state index contributed by atoms with van der Waals surface area (Å²) in [6.45, 7) is 7.14. The van der Waals surface area contributed by atoms with Crippen LogP contribution in [-0.4, -0.2) is 16.9 Å². The van der Waals surface area contributed by atoms with Gasteiger partial charge in [-0.3, -0.25) is 4.68 Å². The van der Waals surface area contributed by atoms with E-state index in [1.807, 2.05) is 24.0 Å². The maximum Gasteiger partial charge on any atom is 0.123 e. The molecule has 20 heavy (non-hydrogen) atoms. The van der Waals surface area contributed by atoms with E-state index in [1.165, 1.54) is 22.4 Å². The number of hydrogen-bond acceptors (Lipinski definition) is 3. The van der Waals surface area contributed by atoms with Crippen LogP contribution in [-0.2, 0) is 13.6 Å². The van der Waals surface area contributed by atoms with Crippen molar-refractivity contribution in [2.45, 2.75) is 33.4 Å². The predicted octanol–water partition coefficient (Wildman–Crippen LogP) is 2.90. The second-order valence-electron chi connectivity index (χ2n) is 5.23. The molecule has 0 spiro atoms. The van der Waals surface area contributed by atoms with Gasteiger partial charge < -0.3 is 10.1 Å². The third kappa shape index (κ3) is 3.02. The van der Waals surface area contributed by atoms with Gasteiger partial charge in [0.05, 0.1) is 13.3 Å². The molecule has 0 saturated heterocycles. The van der Waals surface area contributed by atoms with Crippen LogP contribution in [0.2, 0.25) is 0 Å². The third-order valence-electron chi connectivity index (χ3n) is 3.79. The maximum absolute atomic E-state index is 5.44. The molecule has 2 aromatic rings. The molecule has 0 amide bonds. The Kier molecular flexibility index (Phi) is 4.45. The molecule has 108 valence electrons. The molecule has 0 aliphatic carbocycles. The van der Waals surface area contributed by atoms with Crippen molar-refractivity contribution in [1.29, 1.82) is 0 Å². The lowest BCUT2D eigenvalue weighted by Crippen LogP contribution is -2.19. The van der Waals surface area contributed by atoms with Crippen LogP contribution in [0.4, 0.5) is 0 Å². The van der Waals surface area contributed by atoms with E-state index in [4.69, 9.17) is 4.74 Å². The predicted molar refractivity (Wildman–Crippen MR) is 80.9 cm³/mol. The van der Waals surface area contributed by atoms with E-state index in [1.54, 1.807) is 7.11 Å². The van der Waals surface area contributed by atoms with Crippen molar-refractivity contribution in [2.24, 2.45) is 7.05 Å². The Balaban J connectivity index is 2.10. The first kappa shape index (κ1) is 14.6. The Labute approximate surface area is 120 Å². The number of aromatic nitrogens is 2. The smallest absolute Gasteiger partial charge is 0.123 e. The van der Waals surface area contributed by atoms with Gasteiger partial charge in [-0.25, -0.2) is 0 Å². The van der Waals surface area contributed by atoms with Crippen molar-refractivity contribution in [3.05, 3.63) is 46.8 Å². The summed E-state index contributed by atoms with van der Waals surface area (Å²) in [5, 5.41) is 7.80. The van der Waals surface area contributed by atoms with E-state index in [-0.39, 0.29) is 6.04 Å². The Morgan fingerprint density at radius 1 is 1.35 bits per heavy atom. The molecule has 0 radical (unpaired) electrons. The zero-order chi connectivity index (χ0) is 14.7. The summed E-state index contributed by atoms with van der Waals surface area (Å²) in [5.41, 5.74) is 4.85. The first-order chi connectivity index (χ1) is 9.52. The fourth-order valence-corrected chi connectivity index (χ4v) is 2.28. The van der Waals surface area contributed by atoms with Crippen LogP contribution in [0.3, 0.4) is 0 Å². The molecule has 0 aliphatic rings. The fraction of sp³-hybridized carbons (Fsp3) is 0.438. The standard InChI is InChI=1S/C16H23N3O/c1-11-6-7-16(20-5)15(8-11)12(2)17-9-14-10-18-19(4)13(14)3/h6-8,10,12,17H,9H2,1-5H3. The van der Waals surface area contributed by atoms with Gasteiger partial charge in [0.1, 0.15) is 5.75 Å². The summed E-state index contributed by atoms with van der Waals surface area (Å²) < 4.78 is 7.34. The summed E-state index contributed by atoms with van der Waals surface area (Å²) in [7, 11) is 3.68. The highest BCUT2D eigenvalue weighted by Gasteiger charge is 2.12. The molecule has 1 aromatic carbocycles. The summed E-state index contributed by atoms with van der Waals surface area (Å²) in [6, 6.07) is 6.50. The number of aryl methyl sites for hydroxylation is 2. The van der Waals surface area contributed by atoms with Crippen LogP contribution in [0, 0.1) is 13.8 Å². The number of methoxy groups -OCH3 is 1. The van der Waals surface area contributed by atoms with E-state index in [2.05, 4.69) is 43.3 Å². The van der Waals surface area contributed by atoms with Crippen LogP contribution < -0.4 is 10.1 Å². The zero-order valence-electron chi connectivity index (χ0n) is 12.9. The average Bonchev–Trinajstić information content (AvgIpc) is 2.76. The molecule has 2 rings (SSSR count). The molecule has 1 atom stereocenters. The van der Waals surface area contributed by atoms with Gasteiger partial charge in [-0.15, -0.1) is 0 Å². The molecular weight excluding hydrogens is 250 g/mol. The van der Waals surface area contributed by atoms with Crippen LogP contribution in [0.25, 0.3) is 0 Å². The van der Waals surface area contributed by atoms with Gasteiger partial charge >= 0.3 is 0 Å². The average molecular weight is 273 g/mol. The molecule has 1 N–H and O–H groups in total. The Morgan fingerprint density at radius 3 is 2.70 bits per heavy atom. The normalized spacial score (nSPS) is 12.4. The zero-order valence-corrected chi connectivity index (χ0v) is 12.9. The van der Waals surface area contributed by atoms with Gasteiger partial charge in [-0.1, -0.05) is 17.7 Å². The van der Waals surface area contributed by atoms with Crippen LogP contribution in [0.5, 0.6) is 5.75 Å². The van der Waals surface area contributed by atoms with Gasteiger partial charge in [0, 0.05) is 36.5 Å². The SMILES string of the molecule is COc1ccc(C)cc1C(C)NCc1cnn(C)c1C. The number of rotatable bonds is 5. The number of ether oxygens (including phenoxy) is 1. The Hall–Kier alpha value is -1.81. The highest BCUT2D eigenvalue weighted by Crippen LogP contribution is 2.26. The lowest BCUT2D eigenvalue weighted by molar-refractivity contribution is 0.401. The quantitative estimate of drug-likeness (QED) is 0.910. The van der Waals surface area contributed by atoms with Crippen LogP contribution in [0.15, 0.2) is 24.4 Å². The van der Waals surface area contributed by atoms with Crippen molar-refractivity contribution in [3.63, 3.8) is 0 Å². The van der Waals surface area contributed by atoms with E-state index < -0.39 is 0 Å². The fourth-order valence-electron chi connectivity index (χ4n) is 2.28. The number of hydrogen-bond donors (Lipinski definition) is 1.